The minimum absolute atomic E-state index is 0.184. The Balaban J connectivity index is 2.17. The molecule has 1 aromatic rings. The number of hydrogen-bond acceptors (Lipinski definition) is 3. The smallest absolute Gasteiger partial charge is 0.0641 e. The summed E-state index contributed by atoms with van der Waals surface area (Å²) in [6.45, 7) is 0.753. The maximum Gasteiger partial charge on any atom is 0.0641 e. The van der Waals surface area contributed by atoms with Crippen LogP contribution in [0.4, 0.5) is 0 Å². The van der Waals surface area contributed by atoms with Crippen molar-refractivity contribution in [2.45, 2.75) is 37.8 Å². The van der Waals surface area contributed by atoms with Crippen molar-refractivity contribution >= 4 is 0 Å². The van der Waals surface area contributed by atoms with E-state index in [1.54, 1.807) is 0 Å². The Hall–Kier alpha value is -1.37. The van der Waals surface area contributed by atoms with Gasteiger partial charge in [0.25, 0.3) is 0 Å². The van der Waals surface area contributed by atoms with E-state index in [0.29, 0.717) is 18.4 Å². The standard InChI is InChI=1S/C16H23N3/c1-19(15-9-5-8-14(15)12-18)16(10-11-17)13-6-3-2-4-7-13/h2-4,6-7,14-16H,5,8-10,12,18H2,1H3. The molecule has 2 N–H and O–H groups in total. The maximum atomic E-state index is 9.11. The molecule has 1 fully saturated rings. The van der Waals surface area contributed by atoms with Crippen molar-refractivity contribution < 1.29 is 0 Å². The average Bonchev–Trinajstić information content (AvgIpc) is 2.93. The summed E-state index contributed by atoms with van der Waals surface area (Å²) in [5, 5.41) is 9.11. The van der Waals surface area contributed by atoms with Crippen LogP contribution in [-0.4, -0.2) is 24.5 Å². The zero-order chi connectivity index (χ0) is 13.7. The number of nitrogens with zero attached hydrogens (tertiary/aromatic N) is 2. The van der Waals surface area contributed by atoms with Crippen LogP contribution < -0.4 is 5.73 Å². The topological polar surface area (TPSA) is 53.0 Å². The van der Waals surface area contributed by atoms with E-state index in [4.69, 9.17) is 11.0 Å². The van der Waals surface area contributed by atoms with Crippen LogP contribution in [0.5, 0.6) is 0 Å². The van der Waals surface area contributed by atoms with Crippen LogP contribution in [-0.2, 0) is 0 Å². The Morgan fingerprint density at radius 3 is 2.74 bits per heavy atom. The summed E-state index contributed by atoms with van der Waals surface area (Å²) in [4.78, 5) is 2.38. The summed E-state index contributed by atoms with van der Waals surface area (Å²) in [6.07, 6.45) is 4.21. The highest BCUT2D eigenvalue weighted by Crippen LogP contribution is 2.34. The van der Waals surface area contributed by atoms with Gasteiger partial charge in [-0.25, -0.2) is 0 Å². The molecule has 1 aliphatic rings. The van der Waals surface area contributed by atoms with Crippen molar-refractivity contribution in [1.82, 2.24) is 4.90 Å². The van der Waals surface area contributed by atoms with E-state index in [2.05, 4.69) is 30.1 Å². The number of benzene rings is 1. The first-order chi connectivity index (χ1) is 9.27. The molecule has 0 aliphatic heterocycles. The molecular weight excluding hydrogens is 234 g/mol. The second-order valence-corrected chi connectivity index (χ2v) is 5.45. The van der Waals surface area contributed by atoms with Gasteiger partial charge in [-0.05, 0) is 37.9 Å². The van der Waals surface area contributed by atoms with Crippen LogP contribution in [0.2, 0.25) is 0 Å². The largest absolute Gasteiger partial charge is 0.330 e. The van der Waals surface area contributed by atoms with Gasteiger partial charge >= 0.3 is 0 Å². The van der Waals surface area contributed by atoms with Gasteiger partial charge < -0.3 is 5.73 Å². The first-order valence-corrected chi connectivity index (χ1v) is 7.11. The van der Waals surface area contributed by atoms with Crippen LogP contribution in [0.3, 0.4) is 0 Å². The summed E-state index contributed by atoms with van der Waals surface area (Å²) in [5.41, 5.74) is 7.11. The first-order valence-electron chi connectivity index (χ1n) is 7.11. The minimum Gasteiger partial charge on any atom is -0.330 e. The van der Waals surface area contributed by atoms with Crippen molar-refractivity contribution in [3.63, 3.8) is 0 Å². The summed E-state index contributed by atoms with van der Waals surface area (Å²) >= 11 is 0. The monoisotopic (exact) mass is 257 g/mol. The molecule has 0 aromatic heterocycles. The van der Waals surface area contributed by atoms with Crippen LogP contribution in [0, 0.1) is 17.2 Å². The van der Waals surface area contributed by atoms with Crippen molar-refractivity contribution in [2.75, 3.05) is 13.6 Å². The van der Waals surface area contributed by atoms with Gasteiger partial charge in [-0.1, -0.05) is 36.8 Å². The van der Waals surface area contributed by atoms with Gasteiger partial charge in [-0.15, -0.1) is 0 Å². The van der Waals surface area contributed by atoms with Gasteiger partial charge in [-0.3, -0.25) is 4.90 Å². The lowest BCUT2D eigenvalue weighted by atomic mass is 9.96. The summed E-state index contributed by atoms with van der Waals surface area (Å²) in [7, 11) is 2.15. The predicted octanol–water partition coefficient (Wildman–Crippen LogP) is 2.70. The summed E-state index contributed by atoms with van der Waals surface area (Å²) in [5.74, 6) is 0.579. The van der Waals surface area contributed by atoms with Crippen molar-refractivity contribution in [3.8, 4) is 6.07 Å². The third kappa shape index (κ3) is 3.15. The van der Waals surface area contributed by atoms with Crippen LogP contribution in [0.15, 0.2) is 30.3 Å². The molecule has 0 heterocycles. The van der Waals surface area contributed by atoms with E-state index in [1.165, 1.54) is 24.8 Å². The van der Waals surface area contributed by atoms with Crippen molar-refractivity contribution in [2.24, 2.45) is 11.7 Å². The van der Waals surface area contributed by atoms with E-state index in [-0.39, 0.29) is 6.04 Å². The van der Waals surface area contributed by atoms with E-state index >= 15 is 0 Å². The van der Waals surface area contributed by atoms with E-state index in [1.807, 2.05) is 18.2 Å². The third-order valence-corrected chi connectivity index (χ3v) is 4.41. The molecule has 1 aromatic carbocycles. The minimum atomic E-state index is 0.184. The Bertz CT molecular complexity index is 423. The lowest BCUT2D eigenvalue weighted by Gasteiger charge is -2.35. The Labute approximate surface area is 116 Å². The quantitative estimate of drug-likeness (QED) is 0.882. The van der Waals surface area contributed by atoms with Gasteiger partial charge in [0.05, 0.1) is 12.5 Å². The zero-order valence-electron chi connectivity index (χ0n) is 11.6. The molecule has 3 unspecified atom stereocenters. The second-order valence-electron chi connectivity index (χ2n) is 5.45. The van der Waals surface area contributed by atoms with Gasteiger partial charge in [0.15, 0.2) is 0 Å². The highest BCUT2D eigenvalue weighted by Gasteiger charge is 2.33. The lowest BCUT2D eigenvalue weighted by molar-refractivity contribution is 0.144. The van der Waals surface area contributed by atoms with Crippen molar-refractivity contribution in [3.05, 3.63) is 35.9 Å². The normalized spacial score (nSPS) is 24.3. The Morgan fingerprint density at radius 2 is 2.11 bits per heavy atom. The van der Waals surface area contributed by atoms with Crippen LogP contribution >= 0.6 is 0 Å². The van der Waals surface area contributed by atoms with Gasteiger partial charge in [0.1, 0.15) is 0 Å². The van der Waals surface area contributed by atoms with E-state index < -0.39 is 0 Å². The highest BCUT2D eigenvalue weighted by atomic mass is 15.2. The van der Waals surface area contributed by atoms with Crippen LogP contribution in [0.25, 0.3) is 0 Å². The zero-order valence-corrected chi connectivity index (χ0v) is 11.6. The molecule has 1 aliphatic carbocycles. The molecule has 0 bridgehead atoms. The second kappa shape index (κ2) is 6.70. The third-order valence-electron chi connectivity index (χ3n) is 4.41. The molecule has 3 nitrogen and oxygen atoms in total. The molecule has 0 radical (unpaired) electrons. The fourth-order valence-corrected chi connectivity index (χ4v) is 3.32. The Morgan fingerprint density at radius 1 is 1.37 bits per heavy atom. The lowest BCUT2D eigenvalue weighted by Crippen LogP contribution is -2.40. The first kappa shape index (κ1) is 14.0. The van der Waals surface area contributed by atoms with E-state index in [9.17, 15) is 0 Å². The summed E-state index contributed by atoms with van der Waals surface area (Å²) < 4.78 is 0. The molecule has 1 saturated carbocycles. The highest BCUT2D eigenvalue weighted by molar-refractivity contribution is 5.20. The van der Waals surface area contributed by atoms with Gasteiger partial charge in [0, 0.05) is 12.1 Å². The molecule has 0 amide bonds. The molecule has 0 spiro atoms. The molecular formula is C16H23N3. The van der Waals surface area contributed by atoms with Gasteiger partial charge in [-0.2, -0.15) is 5.26 Å². The van der Waals surface area contributed by atoms with Crippen molar-refractivity contribution in [1.29, 1.82) is 5.26 Å². The molecule has 3 heteroatoms. The number of nitriles is 1. The molecule has 19 heavy (non-hydrogen) atoms. The summed E-state index contributed by atoms with van der Waals surface area (Å²) in [6, 6.07) is 13.4. The fourth-order valence-electron chi connectivity index (χ4n) is 3.32. The molecule has 3 atom stereocenters. The fraction of sp³-hybridized carbons (Fsp3) is 0.562. The van der Waals surface area contributed by atoms with Gasteiger partial charge in [0.2, 0.25) is 0 Å². The SMILES string of the molecule is CN(C(CC#N)c1ccccc1)C1CCCC1CN. The number of hydrogen-bond donors (Lipinski definition) is 1. The molecule has 102 valence electrons. The predicted molar refractivity (Wildman–Crippen MR) is 77.4 cm³/mol. The molecule has 0 saturated heterocycles. The maximum absolute atomic E-state index is 9.11. The molecule has 2 rings (SSSR count). The number of rotatable bonds is 5. The average molecular weight is 257 g/mol. The number of nitrogens with two attached hydrogens (primary N) is 1. The van der Waals surface area contributed by atoms with E-state index in [0.717, 1.165) is 6.54 Å². The Kier molecular flexibility index (Phi) is 4.95. The van der Waals surface area contributed by atoms with Crippen LogP contribution in [0.1, 0.15) is 37.3 Å².